The Kier molecular flexibility index (Phi) is 15.0. The minimum Gasteiger partial charge on any atom is -0.488 e. The van der Waals surface area contributed by atoms with Gasteiger partial charge in [-0.2, -0.15) is 0 Å². The number of piperazine rings is 1. The standard InChI is InChI=1S/C43H51ClN4O7S3/c1-4-57(50,51)42-28-39(18-19-41(42)55-37(20-22-46(2)3)31-56-38-8-6-5-7-9-38)58(52,53)45-43(49)33-12-16-36(17-13-33)48-25-23-47(24-26-48)29-34-30-54-27-21-40(34)32-10-14-35(44)15-11-32/h5-19,28,37H,4,20-27,29-31H2,1-3H3,(H,45,49)/t37-/m1/s1. The monoisotopic (exact) mass is 866 g/mol. The first-order valence-corrected chi connectivity index (χ1v) is 23.9. The molecule has 1 amide bonds. The lowest BCUT2D eigenvalue weighted by atomic mass is 9.95. The second kappa shape index (κ2) is 19.9. The van der Waals surface area contributed by atoms with E-state index in [1.165, 1.54) is 35.8 Å². The molecule has 310 valence electrons. The molecule has 1 saturated heterocycles. The van der Waals surface area contributed by atoms with Gasteiger partial charge in [0.15, 0.2) is 9.84 Å². The van der Waals surface area contributed by atoms with E-state index in [-0.39, 0.29) is 33.0 Å². The van der Waals surface area contributed by atoms with Crippen LogP contribution in [0, 0.1) is 0 Å². The molecule has 4 aromatic rings. The first-order chi connectivity index (χ1) is 27.8. The van der Waals surface area contributed by atoms with Crippen LogP contribution in [0.15, 0.2) is 117 Å². The van der Waals surface area contributed by atoms with Crippen molar-refractivity contribution in [3.05, 3.63) is 119 Å². The van der Waals surface area contributed by atoms with Crippen molar-refractivity contribution in [1.29, 1.82) is 0 Å². The summed E-state index contributed by atoms with van der Waals surface area (Å²) < 4.78 is 68.0. The van der Waals surface area contributed by atoms with Gasteiger partial charge in [0.25, 0.3) is 15.9 Å². The lowest BCUT2D eigenvalue weighted by Gasteiger charge is -2.37. The van der Waals surface area contributed by atoms with Gasteiger partial charge in [0.2, 0.25) is 0 Å². The normalized spacial score (nSPS) is 16.1. The second-order valence-electron chi connectivity index (χ2n) is 14.6. The molecule has 0 aliphatic carbocycles. The molecule has 11 nitrogen and oxygen atoms in total. The van der Waals surface area contributed by atoms with Crippen LogP contribution >= 0.6 is 23.4 Å². The molecule has 1 fully saturated rings. The summed E-state index contributed by atoms with van der Waals surface area (Å²) in [7, 11) is -4.47. The van der Waals surface area contributed by atoms with Gasteiger partial charge in [0.1, 0.15) is 16.7 Å². The van der Waals surface area contributed by atoms with E-state index in [0.29, 0.717) is 31.9 Å². The van der Waals surface area contributed by atoms with E-state index in [1.807, 2.05) is 73.6 Å². The summed E-state index contributed by atoms with van der Waals surface area (Å²) >= 11 is 7.73. The van der Waals surface area contributed by atoms with Gasteiger partial charge >= 0.3 is 0 Å². The number of benzene rings is 4. The van der Waals surface area contributed by atoms with Crippen LogP contribution in [0.5, 0.6) is 5.75 Å². The van der Waals surface area contributed by atoms with Gasteiger partial charge in [0.05, 0.1) is 23.9 Å². The summed E-state index contributed by atoms with van der Waals surface area (Å²) in [4.78, 5) is 20.4. The van der Waals surface area contributed by atoms with Crippen molar-refractivity contribution in [3.8, 4) is 5.75 Å². The Morgan fingerprint density at radius 2 is 1.64 bits per heavy atom. The highest BCUT2D eigenvalue weighted by atomic mass is 35.5. The third-order valence-corrected chi connectivity index (χ3v) is 14.7. The van der Waals surface area contributed by atoms with E-state index in [1.54, 1.807) is 23.9 Å². The average Bonchev–Trinajstić information content (AvgIpc) is 3.23. The zero-order chi connectivity index (χ0) is 41.3. The van der Waals surface area contributed by atoms with Crippen molar-refractivity contribution in [3.63, 3.8) is 0 Å². The van der Waals surface area contributed by atoms with E-state index >= 15 is 0 Å². The minimum atomic E-state index is -4.45. The maximum Gasteiger partial charge on any atom is 0.264 e. The van der Waals surface area contributed by atoms with Crippen molar-refractivity contribution < 1.29 is 31.1 Å². The molecule has 2 aliphatic rings. The Balaban J connectivity index is 1.09. The van der Waals surface area contributed by atoms with Crippen molar-refractivity contribution in [1.82, 2.24) is 14.5 Å². The molecule has 1 N–H and O–H groups in total. The molecule has 4 aromatic carbocycles. The Morgan fingerprint density at radius 1 is 0.931 bits per heavy atom. The molecule has 0 bridgehead atoms. The Labute approximate surface area is 352 Å². The van der Waals surface area contributed by atoms with E-state index in [9.17, 15) is 21.6 Å². The number of nitrogens with one attached hydrogen (secondary N) is 1. The maximum atomic E-state index is 13.6. The quantitative estimate of drug-likeness (QED) is 0.114. The number of nitrogens with zero attached hydrogens (tertiary/aromatic N) is 3. The Hall–Kier alpha value is -3.89. The van der Waals surface area contributed by atoms with E-state index in [0.717, 1.165) is 60.8 Å². The number of anilines is 1. The molecular formula is C43H51ClN4O7S3. The number of carbonyl (C=O) groups excluding carboxylic acids is 1. The zero-order valence-corrected chi connectivity index (χ0v) is 36.3. The van der Waals surface area contributed by atoms with Gasteiger partial charge in [-0.05, 0) is 110 Å². The molecule has 2 aliphatic heterocycles. The van der Waals surface area contributed by atoms with Gasteiger partial charge in [0, 0.05) is 66.2 Å². The molecule has 2 heterocycles. The highest BCUT2D eigenvalue weighted by molar-refractivity contribution is 7.99. The number of hydrogen-bond acceptors (Lipinski definition) is 11. The fourth-order valence-electron chi connectivity index (χ4n) is 6.89. The predicted octanol–water partition coefficient (Wildman–Crippen LogP) is 6.74. The predicted molar refractivity (Wildman–Crippen MR) is 232 cm³/mol. The molecule has 6 rings (SSSR count). The molecule has 1 atom stereocenters. The number of thioether (sulfide) groups is 1. The van der Waals surface area contributed by atoms with Crippen LogP contribution in [-0.4, -0.2) is 117 Å². The van der Waals surface area contributed by atoms with E-state index in [2.05, 4.69) is 26.7 Å². The highest BCUT2D eigenvalue weighted by Crippen LogP contribution is 2.32. The summed E-state index contributed by atoms with van der Waals surface area (Å²) in [5.74, 6) is -0.461. The number of halogens is 1. The maximum absolute atomic E-state index is 13.6. The lowest BCUT2D eigenvalue weighted by molar-refractivity contribution is 0.0981. The first kappa shape index (κ1) is 43.7. The Morgan fingerprint density at radius 3 is 2.31 bits per heavy atom. The number of ether oxygens (including phenoxy) is 2. The van der Waals surface area contributed by atoms with Crippen molar-refractivity contribution in [2.75, 3.05) is 83.0 Å². The lowest BCUT2D eigenvalue weighted by Crippen LogP contribution is -2.47. The number of sulfonamides is 1. The van der Waals surface area contributed by atoms with Gasteiger partial charge in [-0.25, -0.2) is 21.6 Å². The number of sulfone groups is 1. The van der Waals surface area contributed by atoms with Crippen LogP contribution in [0.3, 0.4) is 0 Å². The van der Waals surface area contributed by atoms with Crippen molar-refractivity contribution in [2.24, 2.45) is 0 Å². The van der Waals surface area contributed by atoms with Crippen LogP contribution in [0.4, 0.5) is 5.69 Å². The molecular weight excluding hydrogens is 816 g/mol. The number of carbonyl (C=O) groups is 1. The molecule has 0 radical (unpaired) electrons. The summed E-state index contributed by atoms with van der Waals surface area (Å²) in [6, 6.07) is 28.4. The van der Waals surface area contributed by atoms with Gasteiger partial charge in [-0.15, -0.1) is 11.8 Å². The second-order valence-corrected chi connectivity index (χ2v) is 20.1. The topological polar surface area (TPSA) is 126 Å². The van der Waals surface area contributed by atoms with Crippen LogP contribution in [0.1, 0.15) is 35.7 Å². The third kappa shape index (κ3) is 11.6. The van der Waals surface area contributed by atoms with Crippen LogP contribution in [-0.2, 0) is 24.6 Å². The minimum absolute atomic E-state index is 0.0729. The number of amides is 1. The molecule has 15 heteroatoms. The smallest absolute Gasteiger partial charge is 0.264 e. The van der Waals surface area contributed by atoms with Crippen LogP contribution < -0.4 is 14.4 Å². The summed E-state index contributed by atoms with van der Waals surface area (Å²) in [5.41, 5.74) is 4.89. The number of hydrogen-bond donors (Lipinski definition) is 1. The molecule has 0 aromatic heterocycles. The summed E-state index contributed by atoms with van der Waals surface area (Å²) in [6.45, 7) is 7.61. The van der Waals surface area contributed by atoms with Gasteiger partial charge < -0.3 is 19.3 Å². The third-order valence-electron chi connectivity index (χ3n) is 10.2. The van der Waals surface area contributed by atoms with E-state index < -0.39 is 25.8 Å². The summed E-state index contributed by atoms with van der Waals surface area (Å²) in [5, 5.41) is 0.718. The van der Waals surface area contributed by atoms with Gasteiger partial charge in [-0.1, -0.05) is 48.9 Å². The van der Waals surface area contributed by atoms with Crippen molar-refractivity contribution >= 4 is 60.4 Å². The molecule has 0 unspecified atom stereocenters. The highest BCUT2D eigenvalue weighted by Gasteiger charge is 2.27. The fourth-order valence-corrected chi connectivity index (χ4v) is 10.1. The van der Waals surface area contributed by atoms with Crippen LogP contribution in [0.2, 0.25) is 5.02 Å². The van der Waals surface area contributed by atoms with E-state index in [4.69, 9.17) is 21.1 Å². The molecule has 58 heavy (non-hydrogen) atoms. The van der Waals surface area contributed by atoms with Gasteiger partial charge in [-0.3, -0.25) is 9.69 Å². The molecule has 0 saturated carbocycles. The summed E-state index contributed by atoms with van der Waals surface area (Å²) in [6.07, 6.45) is 1.12. The largest absolute Gasteiger partial charge is 0.488 e. The fraction of sp³-hybridized carbons (Fsp3) is 0.372. The number of rotatable bonds is 17. The van der Waals surface area contributed by atoms with Crippen LogP contribution in [0.25, 0.3) is 5.57 Å². The zero-order valence-electron chi connectivity index (χ0n) is 33.1. The first-order valence-electron chi connectivity index (χ1n) is 19.4. The average molecular weight is 868 g/mol. The SMILES string of the molecule is CCS(=O)(=O)c1cc(S(=O)(=O)NC(=O)c2ccc(N3CCN(CC4=C(c5ccc(Cl)cc5)CCOC4)CC3)cc2)ccc1O[C@H](CCN(C)C)CSc1ccccc1. The molecule has 0 spiro atoms. The van der Waals surface area contributed by atoms with Crippen molar-refractivity contribution in [2.45, 2.75) is 40.6 Å². The Bertz CT molecular complexity index is 2260.